The van der Waals surface area contributed by atoms with Gasteiger partial charge in [-0.15, -0.1) is 5.10 Å². The van der Waals surface area contributed by atoms with Gasteiger partial charge >= 0.3 is 0 Å². The molecule has 0 spiro atoms. The van der Waals surface area contributed by atoms with Crippen molar-refractivity contribution in [2.45, 2.75) is 38.9 Å². The van der Waals surface area contributed by atoms with E-state index in [0.29, 0.717) is 11.2 Å². The van der Waals surface area contributed by atoms with Crippen LogP contribution in [0, 0.1) is 0 Å². The minimum Gasteiger partial charge on any atom is -0.349 e. The summed E-state index contributed by atoms with van der Waals surface area (Å²) in [6, 6.07) is 17.8. The molecular formula is C24H25N5O2S. The van der Waals surface area contributed by atoms with Crippen LogP contribution in [0.5, 0.6) is 0 Å². The summed E-state index contributed by atoms with van der Waals surface area (Å²) in [7, 11) is 0. The molecule has 0 radical (unpaired) electrons. The fraction of sp³-hybridized carbons (Fsp3) is 0.250. The zero-order valence-electron chi connectivity index (χ0n) is 18.2. The fourth-order valence-electron chi connectivity index (χ4n) is 3.55. The average Bonchev–Trinajstić information content (AvgIpc) is 3.41. The molecule has 164 valence electrons. The van der Waals surface area contributed by atoms with Gasteiger partial charge in [-0.25, -0.2) is 4.68 Å². The molecule has 0 aliphatic heterocycles. The van der Waals surface area contributed by atoms with Crippen LogP contribution in [0.1, 0.15) is 32.4 Å². The molecule has 2 heterocycles. The summed E-state index contributed by atoms with van der Waals surface area (Å²) in [5.74, 6) is -0.497. The minimum atomic E-state index is -0.815. The molecule has 0 aliphatic rings. The van der Waals surface area contributed by atoms with Crippen molar-refractivity contribution < 1.29 is 9.59 Å². The number of aromatic nitrogens is 3. The number of anilines is 1. The number of hydrogen-bond acceptors (Lipinski definition) is 5. The Hall–Kier alpha value is -3.52. The van der Waals surface area contributed by atoms with E-state index >= 15 is 0 Å². The third-order valence-corrected chi connectivity index (χ3v) is 5.57. The predicted octanol–water partition coefficient (Wildman–Crippen LogP) is 4.18. The number of para-hydroxylation sites is 2. The minimum absolute atomic E-state index is 0.0428. The Bertz CT molecular complexity index is 1210. The van der Waals surface area contributed by atoms with Gasteiger partial charge in [-0.3, -0.25) is 14.5 Å². The molecule has 0 fully saturated rings. The Morgan fingerprint density at radius 1 is 1.06 bits per heavy atom. The highest BCUT2D eigenvalue weighted by Crippen LogP contribution is 2.30. The molecule has 1 N–H and O–H groups in total. The molecule has 0 aliphatic carbocycles. The van der Waals surface area contributed by atoms with E-state index in [4.69, 9.17) is 0 Å². The van der Waals surface area contributed by atoms with Gasteiger partial charge in [0.2, 0.25) is 11.8 Å². The third kappa shape index (κ3) is 4.70. The molecule has 0 saturated heterocycles. The topological polar surface area (TPSA) is 80.1 Å². The number of nitrogens with one attached hydrogen (secondary N) is 1. The molecular weight excluding hydrogens is 422 g/mol. The zero-order chi connectivity index (χ0) is 22.7. The first-order valence-corrected chi connectivity index (χ1v) is 11.3. The molecule has 1 atom stereocenters. The molecule has 8 heteroatoms. The lowest BCUT2D eigenvalue weighted by atomic mass is 10.0. The van der Waals surface area contributed by atoms with Gasteiger partial charge in [0.05, 0.1) is 5.52 Å². The van der Waals surface area contributed by atoms with Gasteiger partial charge in [0.15, 0.2) is 0 Å². The largest absolute Gasteiger partial charge is 0.349 e. The van der Waals surface area contributed by atoms with Gasteiger partial charge in [-0.2, -0.15) is 11.3 Å². The van der Waals surface area contributed by atoms with Crippen molar-refractivity contribution in [3.63, 3.8) is 0 Å². The van der Waals surface area contributed by atoms with Crippen molar-refractivity contribution in [1.29, 1.82) is 0 Å². The number of nitrogens with zero attached hydrogens (tertiary/aromatic N) is 4. The second-order valence-electron chi connectivity index (χ2n) is 8.53. The standard InChI is InChI=1S/C24H25N5O2S/c1-24(2,3)25-23(31)22(17-13-14-32-16-17)29(18-9-5-4-6-10-18)21(30)15-28-20-12-8-7-11-19(20)26-27-28/h4-14,16,22H,15H2,1-3H3,(H,25,31). The third-order valence-electron chi connectivity index (χ3n) is 4.87. The predicted molar refractivity (Wildman–Crippen MR) is 126 cm³/mol. The number of rotatable bonds is 6. The van der Waals surface area contributed by atoms with Gasteiger partial charge in [-0.1, -0.05) is 35.5 Å². The number of carbonyl (C=O) groups excluding carboxylic acids is 2. The summed E-state index contributed by atoms with van der Waals surface area (Å²) in [4.78, 5) is 28.7. The molecule has 0 saturated carbocycles. The Morgan fingerprint density at radius 2 is 1.78 bits per heavy atom. The number of carbonyl (C=O) groups is 2. The van der Waals surface area contributed by atoms with E-state index in [2.05, 4.69) is 15.6 Å². The molecule has 4 rings (SSSR count). The number of fused-ring (bicyclic) bond motifs is 1. The van der Waals surface area contributed by atoms with E-state index in [1.54, 1.807) is 9.58 Å². The molecule has 32 heavy (non-hydrogen) atoms. The van der Waals surface area contributed by atoms with Crippen molar-refractivity contribution in [1.82, 2.24) is 20.3 Å². The highest BCUT2D eigenvalue weighted by atomic mass is 32.1. The van der Waals surface area contributed by atoms with Crippen LogP contribution in [0.4, 0.5) is 5.69 Å². The van der Waals surface area contributed by atoms with Gasteiger partial charge < -0.3 is 5.32 Å². The molecule has 7 nitrogen and oxygen atoms in total. The Labute approximate surface area is 190 Å². The van der Waals surface area contributed by atoms with E-state index in [1.165, 1.54) is 11.3 Å². The van der Waals surface area contributed by atoms with E-state index in [0.717, 1.165) is 11.1 Å². The number of hydrogen-bond donors (Lipinski definition) is 1. The molecule has 2 amide bonds. The van der Waals surface area contributed by atoms with Crippen LogP contribution in [0.3, 0.4) is 0 Å². The van der Waals surface area contributed by atoms with Gasteiger partial charge in [0, 0.05) is 11.2 Å². The van der Waals surface area contributed by atoms with Crippen LogP contribution in [0.25, 0.3) is 11.0 Å². The summed E-state index contributed by atoms with van der Waals surface area (Å²) in [6.07, 6.45) is 0. The zero-order valence-corrected chi connectivity index (χ0v) is 19.0. The highest BCUT2D eigenvalue weighted by molar-refractivity contribution is 7.08. The summed E-state index contributed by atoms with van der Waals surface area (Å²) in [6.45, 7) is 5.72. The molecule has 1 unspecified atom stereocenters. The van der Waals surface area contributed by atoms with Crippen molar-refractivity contribution in [3.8, 4) is 0 Å². The Morgan fingerprint density at radius 3 is 2.47 bits per heavy atom. The van der Waals surface area contributed by atoms with Gasteiger partial charge in [-0.05, 0) is 67.4 Å². The number of benzene rings is 2. The van der Waals surface area contributed by atoms with Crippen LogP contribution in [0.15, 0.2) is 71.4 Å². The maximum absolute atomic E-state index is 13.7. The maximum Gasteiger partial charge on any atom is 0.249 e. The molecule has 2 aromatic heterocycles. The van der Waals surface area contributed by atoms with Crippen LogP contribution in [-0.4, -0.2) is 32.3 Å². The molecule has 0 bridgehead atoms. The van der Waals surface area contributed by atoms with Crippen molar-refractivity contribution in [2.75, 3.05) is 4.90 Å². The first-order chi connectivity index (χ1) is 15.3. The van der Waals surface area contributed by atoms with Gasteiger partial charge in [0.1, 0.15) is 18.1 Å². The first kappa shape index (κ1) is 21.7. The first-order valence-electron chi connectivity index (χ1n) is 10.3. The van der Waals surface area contributed by atoms with E-state index < -0.39 is 11.6 Å². The Balaban J connectivity index is 1.76. The van der Waals surface area contributed by atoms with Crippen LogP contribution >= 0.6 is 11.3 Å². The summed E-state index contributed by atoms with van der Waals surface area (Å²) in [5, 5.41) is 15.2. The lowest BCUT2D eigenvalue weighted by molar-refractivity contribution is -0.128. The monoisotopic (exact) mass is 447 g/mol. The molecule has 4 aromatic rings. The summed E-state index contributed by atoms with van der Waals surface area (Å²) >= 11 is 1.49. The maximum atomic E-state index is 13.7. The van der Waals surface area contributed by atoms with Crippen molar-refractivity contribution in [2.24, 2.45) is 0 Å². The Kier molecular flexibility index (Phi) is 6.05. The summed E-state index contributed by atoms with van der Waals surface area (Å²) < 4.78 is 1.57. The quantitative estimate of drug-likeness (QED) is 0.481. The summed E-state index contributed by atoms with van der Waals surface area (Å²) in [5.41, 5.74) is 2.44. The highest BCUT2D eigenvalue weighted by Gasteiger charge is 2.34. The van der Waals surface area contributed by atoms with Crippen LogP contribution < -0.4 is 10.2 Å². The fourth-order valence-corrected chi connectivity index (χ4v) is 4.23. The van der Waals surface area contributed by atoms with Crippen LogP contribution in [-0.2, 0) is 16.1 Å². The van der Waals surface area contributed by atoms with Crippen LogP contribution in [0.2, 0.25) is 0 Å². The van der Waals surface area contributed by atoms with Gasteiger partial charge in [0.25, 0.3) is 0 Å². The lowest BCUT2D eigenvalue weighted by Gasteiger charge is -2.33. The van der Waals surface area contributed by atoms with Crippen molar-refractivity contribution in [3.05, 3.63) is 77.0 Å². The van der Waals surface area contributed by atoms with E-state index in [9.17, 15) is 9.59 Å². The average molecular weight is 448 g/mol. The van der Waals surface area contributed by atoms with E-state index in [1.807, 2.05) is 92.2 Å². The normalized spacial score (nSPS) is 12.5. The SMILES string of the molecule is CC(C)(C)NC(=O)C(c1ccsc1)N(C(=O)Cn1nnc2ccccc21)c1ccccc1. The molecule has 2 aromatic carbocycles. The second kappa shape index (κ2) is 8.92. The van der Waals surface area contributed by atoms with E-state index in [-0.39, 0.29) is 18.4 Å². The smallest absolute Gasteiger partial charge is 0.249 e. The van der Waals surface area contributed by atoms with Crippen molar-refractivity contribution >= 4 is 39.9 Å². The lowest BCUT2D eigenvalue weighted by Crippen LogP contribution is -2.50. The number of amides is 2. The second-order valence-corrected chi connectivity index (χ2v) is 9.31. The number of thiophene rings is 1.